The monoisotopic (exact) mass is 374 g/mol. The Morgan fingerprint density at radius 3 is 2.26 bits per heavy atom. The first-order valence-corrected chi connectivity index (χ1v) is 10.6. The van der Waals surface area contributed by atoms with Crippen molar-refractivity contribution in [3.63, 3.8) is 0 Å². The molecule has 0 aromatic heterocycles. The maximum atomic E-state index is 13.2. The van der Waals surface area contributed by atoms with E-state index in [0.717, 1.165) is 12.8 Å². The lowest BCUT2D eigenvalue weighted by molar-refractivity contribution is -0.149. The van der Waals surface area contributed by atoms with Crippen LogP contribution in [0, 0.1) is 29.6 Å². The third-order valence-corrected chi connectivity index (χ3v) is 6.89. The lowest BCUT2D eigenvalue weighted by Gasteiger charge is -2.36. The van der Waals surface area contributed by atoms with Crippen molar-refractivity contribution in [2.24, 2.45) is 29.6 Å². The Kier molecular flexibility index (Phi) is 6.07. The number of fused-ring (bicyclic) bond motifs is 1. The molecular formula is C22H34N2O3. The average molecular weight is 375 g/mol. The van der Waals surface area contributed by atoms with Gasteiger partial charge in [0, 0.05) is 6.04 Å². The zero-order valence-corrected chi connectivity index (χ0v) is 17.1. The van der Waals surface area contributed by atoms with E-state index in [0.29, 0.717) is 31.1 Å². The van der Waals surface area contributed by atoms with Crippen molar-refractivity contribution in [1.82, 2.24) is 10.2 Å². The zero-order chi connectivity index (χ0) is 19.7. The second-order valence-corrected chi connectivity index (χ2v) is 9.23. The molecule has 0 bridgehead atoms. The lowest BCUT2D eigenvalue weighted by atomic mass is 9.78. The molecule has 3 amide bonds. The fourth-order valence-corrected chi connectivity index (χ4v) is 4.97. The van der Waals surface area contributed by atoms with E-state index < -0.39 is 6.04 Å². The molecule has 2 aliphatic carbocycles. The van der Waals surface area contributed by atoms with Gasteiger partial charge < -0.3 is 5.32 Å². The number of imide groups is 1. The summed E-state index contributed by atoms with van der Waals surface area (Å²) in [4.78, 5) is 40.5. The van der Waals surface area contributed by atoms with Gasteiger partial charge in [-0.1, -0.05) is 52.7 Å². The number of hydrogen-bond acceptors (Lipinski definition) is 3. The molecule has 0 aromatic carbocycles. The number of allylic oxidation sites excluding steroid dienone is 2. The van der Waals surface area contributed by atoms with Crippen LogP contribution in [0.15, 0.2) is 12.2 Å². The predicted octanol–water partition coefficient (Wildman–Crippen LogP) is 3.29. The van der Waals surface area contributed by atoms with E-state index in [1.54, 1.807) is 0 Å². The Balaban J connectivity index is 1.78. The molecule has 3 rings (SSSR count). The molecule has 0 aromatic rings. The van der Waals surface area contributed by atoms with Gasteiger partial charge in [0.1, 0.15) is 6.04 Å². The van der Waals surface area contributed by atoms with Crippen LogP contribution in [0.1, 0.15) is 66.2 Å². The summed E-state index contributed by atoms with van der Waals surface area (Å²) in [5.41, 5.74) is 0. The number of nitrogens with zero attached hydrogens (tertiary/aromatic N) is 1. The van der Waals surface area contributed by atoms with Crippen molar-refractivity contribution in [2.75, 3.05) is 0 Å². The number of hydrogen-bond donors (Lipinski definition) is 1. The maximum absolute atomic E-state index is 13.2. The second kappa shape index (κ2) is 8.15. The van der Waals surface area contributed by atoms with Gasteiger partial charge in [-0.25, -0.2) is 0 Å². The summed E-state index contributed by atoms with van der Waals surface area (Å²) in [5.74, 6) is 0.209. The van der Waals surface area contributed by atoms with Gasteiger partial charge in [-0.05, 0) is 43.4 Å². The molecule has 150 valence electrons. The summed E-state index contributed by atoms with van der Waals surface area (Å²) >= 11 is 0. The zero-order valence-electron chi connectivity index (χ0n) is 17.1. The van der Waals surface area contributed by atoms with E-state index in [9.17, 15) is 14.4 Å². The standard InChI is InChI=1S/C22H34N2O3/c1-13(2)12-19(20(25)23-18-11-7-8-14(3)15(18)4)24-21(26)16-9-5-6-10-17(16)22(24)27/h5-6,13-19H,7-12H2,1-4H3,(H,23,25). The molecule has 27 heavy (non-hydrogen) atoms. The molecule has 6 unspecified atom stereocenters. The predicted molar refractivity (Wildman–Crippen MR) is 105 cm³/mol. The molecule has 1 heterocycles. The van der Waals surface area contributed by atoms with Gasteiger partial charge in [0.15, 0.2) is 0 Å². The van der Waals surface area contributed by atoms with Gasteiger partial charge in [0.2, 0.25) is 17.7 Å². The van der Waals surface area contributed by atoms with Crippen LogP contribution in [-0.4, -0.2) is 34.7 Å². The van der Waals surface area contributed by atoms with Crippen LogP contribution in [0.25, 0.3) is 0 Å². The molecule has 1 saturated heterocycles. The number of carbonyl (C=O) groups excluding carboxylic acids is 3. The molecule has 1 aliphatic heterocycles. The molecule has 1 saturated carbocycles. The van der Waals surface area contributed by atoms with Gasteiger partial charge in [-0.3, -0.25) is 19.3 Å². The first kappa shape index (κ1) is 20.1. The lowest BCUT2D eigenvalue weighted by Crippen LogP contribution is -2.54. The highest BCUT2D eigenvalue weighted by molar-refractivity contribution is 6.08. The van der Waals surface area contributed by atoms with E-state index in [1.807, 2.05) is 26.0 Å². The van der Waals surface area contributed by atoms with Crippen LogP contribution in [0.5, 0.6) is 0 Å². The summed E-state index contributed by atoms with van der Waals surface area (Å²) < 4.78 is 0. The molecule has 0 radical (unpaired) electrons. The van der Waals surface area contributed by atoms with Crippen LogP contribution in [-0.2, 0) is 14.4 Å². The smallest absolute Gasteiger partial charge is 0.243 e. The van der Waals surface area contributed by atoms with Gasteiger partial charge in [-0.15, -0.1) is 0 Å². The Labute approximate surface area is 162 Å². The summed E-state index contributed by atoms with van der Waals surface area (Å²) in [6, 6.07) is -0.548. The quantitative estimate of drug-likeness (QED) is 0.593. The topological polar surface area (TPSA) is 66.5 Å². The largest absolute Gasteiger partial charge is 0.351 e. The number of nitrogens with one attached hydrogen (secondary N) is 1. The van der Waals surface area contributed by atoms with Gasteiger partial charge >= 0.3 is 0 Å². The van der Waals surface area contributed by atoms with E-state index in [1.165, 1.54) is 11.3 Å². The Hall–Kier alpha value is -1.65. The molecule has 0 spiro atoms. The van der Waals surface area contributed by atoms with Crippen molar-refractivity contribution in [3.05, 3.63) is 12.2 Å². The van der Waals surface area contributed by atoms with Crippen LogP contribution < -0.4 is 5.32 Å². The summed E-state index contributed by atoms with van der Waals surface area (Å²) in [6.07, 6.45) is 9.00. The van der Waals surface area contributed by atoms with Crippen molar-refractivity contribution >= 4 is 17.7 Å². The van der Waals surface area contributed by atoms with E-state index in [4.69, 9.17) is 0 Å². The van der Waals surface area contributed by atoms with Gasteiger partial charge in [-0.2, -0.15) is 0 Å². The SMILES string of the molecule is CC(C)CC(C(=O)NC1CCCC(C)C1C)N1C(=O)C2CC=CCC2C1=O. The summed E-state index contributed by atoms with van der Waals surface area (Å²) in [5, 5.41) is 3.20. The highest BCUT2D eigenvalue weighted by atomic mass is 16.2. The van der Waals surface area contributed by atoms with Crippen molar-refractivity contribution in [1.29, 1.82) is 0 Å². The average Bonchev–Trinajstić information content (AvgIpc) is 2.88. The minimum absolute atomic E-state index is 0.132. The normalized spacial score (nSPS) is 34.7. The van der Waals surface area contributed by atoms with Crippen molar-refractivity contribution < 1.29 is 14.4 Å². The highest BCUT2D eigenvalue weighted by Crippen LogP contribution is 2.37. The molecule has 1 N–H and O–H groups in total. The minimum atomic E-state index is -0.681. The number of amides is 3. The molecule has 5 nitrogen and oxygen atoms in total. The first-order chi connectivity index (χ1) is 12.8. The maximum Gasteiger partial charge on any atom is 0.243 e. The number of rotatable bonds is 5. The van der Waals surface area contributed by atoms with Crippen LogP contribution in [0.4, 0.5) is 0 Å². The first-order valence-electron chi connectivity index (χ1n) is 10.6. The van der Waals surface area contributed by atoms with Gasteiger partial charge in [0.05, 0.1) is 11.8 Å². The fourth-order valence-electron chi connectivity index (χ4n) is 4.97. The van der Waals surface area contributed by atoms with E-state index in [2.05, 4.69) is 19.2 Å². The molecular weight excluding hydrogens is 340 g/mol. The Morgan fingerprint density at radius 2 is 1.70 bits per heavy atom. The van der Waals surface area contributed by atoms with Crippen LogP contribution in [0.2, 0.25) is 0 Å². The van der Waals surface area contributed by atoms with Crippen molar-refractivity contribution in [2.45, 2.75) is 78.3 Å². The molecule has 2 fully saturated rings. The van der Waals surface area contributed by atoms with Crippen LogP contribution >= 0.6 is 0 Å². The van der Waals surface area contributed by atoms with Crippen LogP contribution in [0.3, 0.4) is 0 Å². The number of likely N-dealkylation sites (tertiary alicyclic amines) is 1. The Bertz CT molecular complexity index is 601. The molecule has 5 heteroatoms. The third kappa shape index (κ3) is 3.97. The molecule has 3 aliphatic rings. The minimum Gasteiger partial charge on any atom is -0.351 e. The number of carbonyl (C=O) groups is 3. The van der Waals surface area contributed by atoms with E-state index in [-0.39, 0.29) is 41.5 Å². The Morgan fingerprint density at radius 1 is 1.11 bits per heavy atom. The third-order valence-electron chi connectivity index (χ3n) is 6.89. The van der Waals surface area contributed by atoms with E-state index >= 15 is 0 Å². The van der Waals surface area contributed by atoms with Gasteiger partial charge in [0.25, 0.3) is 0 Å². The summed E-state index contributed by atoms with van der Waals surface area (Å²) in [7, 11) is 0. The fraction of sp³-hybridized carbons (Fsp3) is 0.773. The van der Waals surface area contributed by atoms with Crippen molar-refractivity contribution in [3.8, 4) is 0 Å². The highest BCUT2D eigenvalue weighted by Gasteiger charge is 2.51. The second-order valence-electron chi connectivity index (χ2n) is 9.23. The molecule has 6 atom stereocenters. The summed E-state index contributed by atoms with van der Waals surface area (Å²) in [6.45, 7) is 8.49.